The highest BCUT2D eigenvalue weighted by Crippen LogP contribution is 2.25. The number of esters is 1. The van der Waals surface area contributed by atoms with E-state index in [-0.39, 0.29) is 17.1 Å². The fourth-order valence-corrected chi connectivity index (χ4v) is 2.01. The maximum absolute atomic E-state index is 12.3. The number of nitro groups is 1. The van der Waals surface area contributed by atoms with Crippen molar-refractivity contribution in [2.75, 3.05) is 11.9 Å². The van der Waals surface area contributed by atoms with Crippen molar-refractivity contribution in [1.29, 1.82) is 0 Å². The molecule has 2 aromatic carbocycles. The summed E-state index contributed by atoms with van der Waals surface area (Å²) in [7, 11) is 0. The lowest BCUT2D eigenvalue weighted by Crippen LogP contribution is -2.20. The summed E-state index contributed by atoms with van der Waals surface area (Å²) >= 11 is 0. The fraction of sp³-hybridized carbons (Fsp3) is 0.111. The summed E-state index contributed by atoms with van der Waals surface area (Å²) in [4.78, 5) is 33.5. The molecule has 2 aromatic rings. The highest BCUT2D eigenvalue weighted by molar-refractivity contribution is 5.95. The molecule has 0 bridgehead atoms. The molecule has 0 radical (unpaired) electrons. The van der Waals surface area contributed by atoms with Gasteiger partial charge in [0.15, 0.2) is 6.61 Å². The lowest BCUT2D eigenvalue weighted by Gasteiger charge is -2.11. The van der Waals surface area contributed by atoms with Gasteiger partial charge in [-0.15, -0.1) is 0 Å². The molecule has 0 aromatic heterocycles. The number of carbonyl (C=O) groups is 2. The first-order valence-electron chi connectivity index (χ1n) is 7.78. The van der Waals surface area contributed by atoms with Crippen LogP contribution in [0.4, 0.5) is 20.2 Å². The first kappa shape index (κ1) is 20.5. The Morgan fingerprint density at radius 1 is 1.14 bits per heavy atom. The Labute approximate surface area is 157 Å². The van der Waals surface area contributed by atoms with E-state index in [1.54, 1.807) is 0 Å². The van der Waals surface area contributed by atoms with E-state index in [0.29, 0.717) is 5.56 Å². The van der Waals surface area contributed by atoms with Crippen LogP contribution in [-0.4, -0.2) is 30.0 Å². The lowest BCUT2D eigenvalue weighted by molar-refractivity contribution is -0.384. The van der Waals surface area contributed by atoms with Gasteiger partial charge in [-0.2, -0.15) is 8.78 Å². The van der Waals surface area contributed by atoms with Crippen LogP contribution in [0.2, 0.25) is 0 Å². The van der Waals surface area contributed by atoms with Crippen LogP contribution >= 0.6 is 0 Å². The van der Waals surface area contributed by atoms with Crippen LogP contribution in [0.5, 0.6) is 5.75 Å². The maximum atomic E-state index is 12.3. The van der Waals surface area contributed by atoms with Crippen molar-refractivity contribution in [3.05, 3.63) is 70.3 Å². The predicted octanol–water partition coefficient (Wildman–Crippen LogP) is 3.39. The van der Waals surface area contributed by atoms with Crippen molar-refractivity contribution < 1.29 is 32.8 Å². The number of nitrogens with zero attached hydrogens (tertiary/aromatic N) is 1. The van der Waals surface area contributed by atoms with Gasteiger partial charge < -0.3 is 14.8 Å². The Balaban J connectivity index is 1.85. The fourth-order valence-electron chi connectivity index (χ4n) is 2.01. The highest BCUT2D eigenvalue weighted by atomic mass is 19.3. The molecule has 10 heteroatoms. The minimum absolute atomic E-state index is 0.00488. The number of rotatable bonds is 8. The van der Waals surface area contributed by atoms with Crippen molar-refractivity contribution in [2.45, 2.75) is 6.61 Å². The van der Waals surface area contributed by atoms with Crippen LogP contribution in [0.15, 0.2) is 54.6 Å². The van der Waals surface area contributed by atoms with Gasteiger partial charge in [-0.1, -0.05) is 12.1 Å². The van der Waals surface area contributed by atoms with E-state index in [1.807, 2.05) is 0 Å². The van der Waals surface area contributed by atoms with E-state index in [0.717, 1.165) is 6.08 Å². The molecule has 0 atom stereocenters. The SMILES string of the molecule is O=C(COC(=O)/C=C/c1ccc([N+](=O)[O-])cc1)Nc1ccccc1OC(F)F. The number of para-hydroxylation sites is 2. The third-order valence-corrected chi connectivity index (χ3v) is 3.24. The molecule has 28 heavy (non-hydrogen) atoms. The second kappa shape index (κ2) is 9.76. The Morgan fingerprint density at radius 2 is 1.82 bits per heavy atom. The molecular weight excluding hydrogens is 378 g/mol. The Morgan fingerprint density at radius 3 is 2.46 bits per heavy atom. The van der Waals surface area contributed by atoms with Crippen molar-refractivity contribution >= 4 is 29.3 Å². The maximum Gasteiger partial charge on any atom is 0.387 e. The number of alkyl halides is 2. The van der Waals surface area contributed by atoms with Crippen molar-refractivity contribution in [2.24, 2.45) is 0 Å². The van der Waals surface area contributed by atoms with E-state index in [4.69, 9.17) is 4.74 Å². The Kier molecular flexibility index (Phi) is 7.14. The van der Waals surface area contributed by atoms with Gasteiger partial charge in [0.2, 0.25) is 0 Å². The third kappa shape index (κ3) is 6.48. The molecule has 2 rings (SSSR count). The minimum atomic E-state index is -3.06. The quantitative estimate of drug-likeness (QED) is 0.319. The number of carbonyl (C=O) groups excluding carboxylic acids is 2. The van der Waals surface area contributed by atoms with E-state index < -0.39 is 30.0 Å². The molecule has 1 N–H and O–H groups in total. The largest absolute Gasteiger partial charge is 0.452 e. The zero-order valence-corrected chi connectivity index (χ0v) is 14.2. The zero-order chi connectivity index (χ0) is 20.5. The molecule has 1 amide bonds. The topological polar surface area (TPSA) is 108 Å². The lowest BCUT2D eigenvalue weighted by atomic mass is 10.2. The minimum Gasteiger partial charge on any atom is -0.452 e. The summed E-state index contributed by atoms with van der Waals surface area (Å²) < 4.78 is 33.7. The van der Waals surface area contributed by atoms with Crippen molar-refractivity contribution in [3.8, 4) is 5.75 Å². The zero-order valence-electron chi connectivity index (χ0n) is 14.2. The number of non-ortho nitro benzene ring substituents is 1. The smallest absolute Gasteiger partial charge is 0.387 e. The molecule has 8 nitrogen and oxygen atoms in total. The van der Waals surface area contributed by atoms with Gasteiger partial charge in [0, 0.05) is 18.2 Å². The normalized spacial score (nSPS) is 10.7. The molecule has 146 valence electrons. The first-order valence-corrected chi connectivity index (χ1v) is 7.78. The van der Waals surface area contributed by atoms with Crippen LogP contribution in [0.1, 0.15) is 5.56 Å². The molecule has 0 aliphatic rings. The van der Waals surface area contributed by atoms with Crippen LogP contribution < -0.4 is 10.1 Å². The number of benzene rings is 2. The number of hydrogen-bond donors (Lipinski definition) is 1. The predicted molar refractivity (Wildman–Crippen MR) is 94.8 cm³/mol. The average molecular weight is 392 g/mol. The number of ether oxygens (including phenoxy) is 2. The van der Waals surface area contributed by atoms with Crippen LogP contribution in [0, 0.1) is 10.1 Å². The molecule has 0 fully saturated rings. The monoisotopic (exact) mass is 392 g/mol. The summed E-state index contributed by atoms with van der Waals surface area (Å²) in [5.41, 5.74) is 0.433. The van der Waals surface area contributed by atoms with Gasteiger partial charge >= 0.3 is 12.6 Å². The van der Waals surface area contributed by atoms with E-state index in [9.17, 15) is 28.5 Å². The second-order valence-corrected chi connectivity index (χ2v) is 5.21. The molecule has 0 aliphatic heterocycles. The van der Waals surface area contributed by atoms with Gasteiger partial charge in [0.05, 0.1) is 10.6 Å². The van der Waals surface area contributed by atoms with Crippen molar-refractivity contribution in [3.63, 3.8) is 0 Å². The Bertz CT molecular complexity index is 884. The van der Waals surface area contributed by atoms with Gasteiger partial charge in [-0.25, -0.2) is 4.79 Å². The Hall–Kier alpha value is -3.82. The molecule has 0 unspecified atom stereocenters. The van der Waals surface area contributed by atoms with Gasteiger partial charge in [-0.3, -0.25) is 14.9 Å². The summed E-state index contributed by atoms with van der Waals surface area (Å²) in [6.45, 7) is -3.70. The van der Waals surface area contributed by atoms with Crippen LogP contribution in [0.3, 0.4) is 0 Å². The number of anilines is 1. The molecule has 0 aliphatic carbocycles. The number of hydrogen-bond acceptors (Lipinski definition) is 6. The van der Waals surface area contributed by atoms with Crippen LogP contribution in [-0.2, 0) is 14.3 Å². The summed E-state index contributed by atoms with van der Waals surface area (Å²) in [6, 6.07) is 11.0. The number of nitrogens with one attached hydrogen (secondary N) is 1. The number of amides is 1. The van der Waals surface area contributed by atoms with E-state index in [2.05, 4.69) is 10.1 Å². The molecule has 0 saturated carbocycles. The van der Waals surface area contributed by atoms with E-state index >= 15 is 0 Å². The molecular formula is C18H14F2N2O6. The number of halogens is 2. The number of nitro benzene ring substituents is 1. The van der Waals surface area contributed by atoms with Gasteiger partial charge in [0.1, 0.15) is 5.75 Å². The van der Waals surface area contributed by atoms with Gasteiger partial charge in [0.25, 0.3) is 11.6 Å². The molecule has 0 spiro atoms. The second-order valence-electron chi connectivity index (χ2n) is 5.21. The average Bonchev–Trinajstić information content (AvgIpc) is 2.66. The van der Waals surface area contributed by atoms with Crippen molar-refractivity contribution in [1.82, 2.24) is 0 Å². The molecule has 0 saturated heterocycles. The third-order valence-electron chi connectivity index (χ3n) is 3.24. The van der Waals surface area contributed by atoms with Crippen LogP contribution in [0.25, 0.3) is 6.08 Å². The first-order chi connectivity index (χ1) is 13.3. The standard InChI is InChI=1S/C18H14F2N2O6/c19-18(20)28-15-4-2-1-3-14(15)21-16(23)11-27-17(24)10-7-12-5-8-13(9-6-12)22(25)26/h1-10,18H,11H2,(H,21,23)/b10-7+. The highest BCUT2D eigenvalue weighted by Gasteiger charge is 2.12. The summed E-state index contributed by atoms with van der Waals surface area (Å²) in [5, 5.41) is 12.9. The summed E-state index contributed by atoms with van der Waals surface area (Å²) in [5.74, 6) is -1.80. The van der Waals surface area contributed by atoms with E-state index in [1.165, 1.54) is 54.6 Å². The van der Waals surface area contributed by atoms with Gasteiger partial charge in [-0.05, 0) is 35.9 Å². The molecule has 0 heterocycles. The summed E-state index contributed by atoms with van der Waals surface area (Å²) in [6.07, 6.45) is 2.40.